The Hall–Kier alpha value is -2.35. The first-order chi connectivity index (χ1) is 9.88. The van der Waals surface area contributed by atoms with E-state index in [1.807, 2.05) is 6.07 Å². The lowest BCUT2D eigenvalue weighted by Crippen LogP contribution is -1.94. The van der Waals surface area contributed by atoms with Gasteiger partial charge in [0.1, 0.15) is 0 Å². The van der Waals surface area contributed by atoms with Crippen LogP contribution in [-0.4, -0.2) is 11.5 Å². The van der Waals surface area contributed by atoms with Gasteiger partial charge in [0, 0.05) is 29.7 Å². The highest BCUT2D eigenvalue weighted by Crippen LogP contribution is 2.24. The summed E-state index contributed by atoms with van der Waals surface area (Å²) in [5, 5.41) is 4.64. The molecular formula is C18H16N2. The van der Waals surface area contributed by atoms with E-state index in [-0.39, 0.29) is 0 Å². The average Bonchev–Trinajstić information content (AvgIpc) is 2.95. The van der Waals surface area contributed by atoms with E-state index >= 15 is 0 Å². The van der Waals surface area contributed by atoms with Gasteiger partial charge in [0.2, 0.25) is 0 Å². The molecule has 1 aliphatic rings. The number of para-hydroxylation sites is 1. The molecule has 0 spiro atoms. The van der Waals surface area contributed by atoms with Gasteiger partial charge >= 0.3 is 0 Å². The molecule has 0 saturated heterocycles. The van der Waals surface area contributed by atoms with E-state index < -0.39 is 0 Å². The van der Waals surface area contributed by atoms with Crippen molar-refractivity contribution in [3.63, 3.8) is 0 Å². The standard InChI is InChI=1S/C18H16N2/c1-2-4-17-14(3-1)7-8-16(20-17)11-13-5-6-15-9-10-19-18(15)12-13/h1-8,12,19H,9-11H2. The second-order valence-corrected chi connectivity index (χ2v) is 5.34. The molecule has 98 valence electrons. The summed E-state index contributed by atoms with van der Waals surface area (Å²) in [5.74, 6) is 0. The Kier molecular flexibility index (Phi) is 2.66. The van der Waals surface area contributed by atoms with Crippen molar-refractivity contribution in [1.29, 1.82) is 0 Å². The Morgan fingerprint density at radius 1 is 1.00 bits per heavy atom. The topological polar surface area (TPSA) is 24.9 Å². The minimum absolute atomic E-state index is 0.889. The molecular weight excluding hydrogens is 244 g/mol. The van der Waals surface area contributed by atoms with E-state index in [1.165, 1.54) is 22.2 Å². The number of pyridine rings is 1. The summed E-state index contributed by atoms with van der Waals surface area (Å²) in [6.07, 6.45) is 2.03. The van der Waals surface area contributed by atoms with Crippen molar-refractivity contribution in [3.05, 3.63) is 71.4 Å². The molecule has 0 atom stereocenters. The van der Waals surface area contributed by atoms with Crippen LogP contribution in [0.1, 0.15) is 16.8 Å². The van der Waals surface area contributed by atoms with Crippen molar-refractivity contribution >= 4 is 16.6 Å². The Bertz CT molecular complexity index is 777. The van der Waals surface area contributed by atoms with Crippen molar-refractivity contribution in [2.75, 3.05) is 11.9 Å². The zero-order chi connectivity index (χ0) is 13.4. The molecule has 0 fully saturated rings. The number of nitrogens with zero attached hydrogens (tertiary/aromatic N) is 1. The number of fused-ring (bicyclic) bond motifs is 2. The highest BCUT2D eigenvalue weighted by molar-refractivity contribution is 5.78. The molecule has 2 heteroatoms. The van der Waals surface area contributed by atoms with Crippen LogP contribution in [0.4, 0.5) is 5.69 Å². The molecule has 1 N–H and O–H groups in total. The van der Waals surface area contributed by atoms with Crippen LogP contribution < -0.4 is 5.32 Å². The van der Waals surface area contributed by atoms with Crippen molar-refractivity contribution in [2.24, 2.45) is 0 Å². The van der Waals surface area contributed by atoms with Gasteiger partial charge < -0.3 is 5.32 Å². The molecule has 0 aliphatic carbocycles. The van der Waals surface area contributed by atoms with E-state index in [0.29, 0.717) is 0 Å². The SMILES string of the molecule is c1ccc2nc(Cc3ccc4c(c3)NCC4)ccc2c1. The monoisotopic (exact) mass is 260 g/mol. The number of hydrogen-bond donors (Lipinski definition) is 1. The van der Waals surface area contributed by atoms with Crippen LogP contribution in [-0.2, 0) is 12.8 Å². The maximum atomic E-state index is 4.74. The third-order valence-electron chi connectivity index (χ3n) is 3.93. The molecule has 2 nitrogen and oxygen atoms in total. The van der Waals surface area contributed by atoms with Crippen molar-refractivity contribution in [3.8, 4) is 0 Å². The Labute approximate surface area is 118 Å². The minimum atomic E-state index is 0.889. The predicted molar refractivity (Wildman–Crippen MR) is 83.2 cm³/mol. The summed E-state index contributed by atoms with van der Waals surface area (Å²) >= 11 is 0. The molecule has 0 saturated carbocycles. The molecule has 4 rings (SSSR count). The third kappa shape index (κ3) is 2.03. The Balaban J connectivity index is 1.67. The average molecular weight is 260 g/mol. The fourth-order valence-electron chi connectivity index (χ4n) is 2.86. The predicted octanol–water partition coefficient (Wildman–Crippen LogP) is 3.79. The van der Waals surface area contributed by atoms with Crippen LogP contribution in [0.15, 0.2) is 54.6 Å². The van der Waals surface area contributed by atoms with Gasteiger partial charge in [-0.2, -0.15) is 0 Å². The molecule has 1 aromatic heterocycles. The smallest absolute Gasteiger partial charge is 0.0705 e. The lowest BCUT2D eigenvalue weighted by molar-refractivity contribution is 1.09. The quantitative estimate of drug-likeness (QED) is 0.758. The van der Waals surface area contributed by atoms with Gasteiger partial charge in [0.25, 0.3) is 0 Å². The lowest BCUT2D eigenvalue weighted by atomic mass is 10.0. The van der Waals surface area contributed by atoms with Gasteiger partial charge in [-0.1, -0.05) is 36.4 Å². The fraction of sp³-hybridized carbons (Fsp3) is 0.167. The summed E-state index contributed by atoms with van der Waals surface area (Å²) < 4.78 is 0. The van der Waals surface area contributed by atoms with E-state index in [4.69, 9.17) is 4.98 Å². The molecule has 0 radical (unpaired) electrons. The minimum Gasteiger partial charge on any atom is -0.384 e. The van der Waals surface area contributed by atoms with Crippen molar-refractivity contribution in [1.82, 2.24) is 4.98 Å². The molecule has 0 bridgehead atoms. The summed E-state index contributed by atoms with van der Waals surface area (Å²) in [5.41, 5.74) is 6.25. The third-order valence-corrected chi connectivity index (χ3v) is 3.93. The first-order valence-corrected chi connectivity index (χ1v) is 7.09. The molecule has 2 aromatic carbocycles. The Morgan fingerprint density at radius 3 is 2.95 bits per heavy atom. The number of benzene rings is 2. The maximum absolute atomic E-state index is 4.74. The van der Waals surface area contributed by atoms with Crippen molar-refractivity contribution in [2.45, 2.75) is 12.8 Å². The summed E-state index contributed by atoms with van der Waals surface area (Å²) in [4.78, 5) is 4.74. The lowest BCUT2D eigenvalue weighted by Gasteiger charge is -2.06. The molecule has 3 aromatic rings. The van der Waals surface area contributed by atoms with Gasteiger partial charge in [0.15, 0.2) is 0 Å². The van der Waals surface area contributed by atoms with Gasteiger partial charge in [0.05, 0.1) is 5.52 Å². The summed E-state index contributed by atoms with van der Waals surface area (Å²) in [6.45, 7) is 1.06. The number of hydrogen-bond acceptors (Lipinski definition) is 2. The normalized spacial score (nSPS) is 13.2. The first-order valence-electron chi connectivity index (χ1n) is 7.09. The van der Waals surface area contributed by atoms with Crippen LogP contribution in [0.5, 0.6) is 0 Å². The highest BCUT2D eigenvalue weighted by atomic mass is 14.9. The largest absolute Gasteiger partial charge is 0.384 e. The Morgan fingerprint density at radius 2 is 1.95 bits per heavy atom. The van der Waals surface area contributed by atoms with Gasteiger partial charge in [-0.3, -0.25) is 4.98 Å². The van der Waals surface area contributed by atoms with Crippen LogP contribution in [0.25, 0.3) is 10.9 Å². The second-order valence-electron chi connectivity index (χ2n) is 5.34. The number of anilines is 1. The van der Waals surface area contributed by atoms with Gasteiger partial charge in [-0.15, -0.1) is 0 Å². The van der Waals surface area contributed by atoms with Crippen LogP contribution in [0.3, 0.4) is 0 Å². The molecule has 2 heterocycles. The highest BCUT2D eigenvalue weighted by Gasteiger charge is 2.10. The summed E-state index contributed by atoms with van der Waals surface area (Å²) in [7, 11) is 0. The molecule has 1 aliphatic heterocycles. The van der Waals surface area contributed by atoms with Gasteiger partial charge in [-0.25, -0.2) is 0 Å². The zero-order valence-electron chi connectivity index (χ0n) is 11.3. The number of nitrogens with one attached hydrogen (secondary N) is 1. The molecule has 20 heavy (non-hydrogen) atoms. The van der Waals surface area contributed by atoms with Crippen molar-refractivity contribution < 1.29 is 0 Å². The molecule has 0 unspecified atom stereocenters. The van der Waals surface area contributed by atoms with Gasteiger partial charge in [-0.05, 0) is 35.7 Å². The van der Waals surface area contributed by atoms with E-state index in [2.05, 4.69) is 53.8 Å². The van der Waals surface area contributed by atoms with Crippen LogP contribution >= 0.6 is 0 Å². The first kappa shape index (κ1) is 11.5. The van der Waals surface area contributed by atoms with E-state index in [0.717, 1.165) is 30.6 Å². The summed E-state index contributed by atoms with van der Waals surface area (Å²) in [6, 6.07) is 19.3. The second kappa shape index (κ2) is 4.64. The number of aromatic nitrogens is 1. The zero-order valence-corrected chi connectivity index (χ0v) is 11.3. The fourth-order valence-corrected chi connectivity index (χ4v) is 2.86. The maximum Gasteiger partial charge on any atom is 0.0705 e. The van der Waals surface area contributed by atoms with E-state index in [9.17, 15) is 0 Å². The van der Waals surface area contributed by atoms with E-state index in [1.54, 1.807) is 0 Å². The number of rotatable bonds is 2. The van der Waals surface area contributed by atoms with Crippen LogP contribution in [0, 0.1) is 0 Å². The molecule has 0 amide bonds. The van der Waals surface area contributed by atoms with Crippen LogP contribution in [0.2, 0.25) is 0 Å².